The van der Waals surface area contributed by atoms with E-state index in [1.807, 2.05) is 6.07 Å². The molecule has 28 heavy (non-hydrogen) atoms. The van der Waals surface area contributed by atoms with Gasteiger partial charge in [0, 0.05) is 11.5 Å². The van der Waals surface area contributed by atoms with Crippen molar-refractivity contribution in [3.8, 4) is 23.2 Å². The van der Waals surface area contributed by atoms with Crippen LogP contribution in [0.3, 0.4) is 0 Å². The first kappa shape index (κ1) is 18.0. The molecule has 0 aliphatic carbocycles. The zero-order chi connectivity index (χ0) is 20.0. The second kappa shape index (κ2) is 6.65. The van der Waals surface area contributed by atoms with Crippen molar-refractivity contribution >= 4 is 5.90 Å². The summed E-state index contributed by atoms with van der Waals surface area (Å²) in [6, 6.07) is 14.7. The summed E-state index contributed by atoms with van der Waals surface area (Å²) in [5.41, 5.74) is 8.44. The lowest BCUT2D eigenvalue weighted by Crippen LogP contribution is -2.31. The van der Waals surface area contributed by atoms with E-state index in [0.717, 1.165) is 27.9 Å². The van der Waals surface area contributed by atoms with Crippen LogP contribution in [0, 0.1) is 50.4 Å². The number of H-pyrrole nitrogens is 1. The second-order valence-corrected chi connectivity index (χ2v) is 7.51. The summed E-state index contributed by atoms with van der Waals surface area (Å²) in [6.45, 7) is 8.28. The molecule has 0 spiro atoms. The van der Waals surface area contributed by atoms with Crippen LogP contribution < -0.4 is 4.74 Å². The summed E-state index contributed by atoms with van der Waals surface area (Å²) in [6.07, 6.45) is 0. The highest BCUT2D eigenvalue weighted by Crippen LogP contribution is 2.46. The van der Waals surface area contributed by atoms with Gasteiger partial charge in [0.2, 0.25) is 11.8 Å². The molecule has 0 saturated carbocycles. The standard InChI is InChI=1S/C23H22N4O/c1-12-5-7-16(9-14(12)3)19-18(11-24)22(25)28-23-20(19)21(26-27-23)17-8-6-13(2)15(4)10-17/h5-10,18-19,25H,1-4H3,(H,26,27). The lowest BCUT2D eigenvalue weighted by atomic mass is 9.78. The molecule has 2 aromatic carbocycles. The largest absolute Gasteiger partial charge is 0.422 e. The van der Waals surface area contributed by atoms with Gasteiger partial charge in [-0.05, 0) is 61.6 Å². The molecule has 2 unspecified atom stereocenters. The van der Waals surface area contributed by atoms with Crippen LogP contribution in [-0.2, 0) is 0 Å². The maximum atomic E-state index is 9.82. The Morgan fingerprint density at radius 1 is 1.00 bits per heavy atom. The van der Waals surface area contributed by atoms with Crippen molar-refractivity contribution in [1.29, 1.82) is 10.7 Å². The third kappa shape index (κ3) is 2.78. The molecule has 0 radical (unpaired) electrons. The fourth-order valence-corrected chi connectivity index (χ4v) is 3.75. The van der Waals surface area contributed by atoms with Gasteiger partial charge in [-0.3, -0.25) is 10.5 Å². The maximum Gasteiger partial charge on any atom is 0.244 e. The van der Waals surface area contributed by atoms with Crippen molar-refractivity contribution in [2.24, 2.45) is 5.92 Å². The summed E-state index contributed by atoms with van der Waals surface area (Å²) in [7, 11) is 0. The molecule has 0 bridgehead atoms. The second-order valence-electron chi connectivity index (χ2n) is 7.51. The van der Waals surface area contributed by atoms with Gasteiger partial charge in [-0.2, -0.15) is 5.26 Å². The number of hydrogen-bond donors (Lipinski definition) is 2. The summed E-state index contributed by atoms with van der Waals surface area (Å²) in [5, 5.41) is 25.5. The molecule has 2 heterocycles. The maximum absolute atomic E-state index is 9.82. The number of aromatic nitrogens is 2. The van der Waals surface area contributed by atoms with Crippen molar-refractivity contribution < 1.29 is 4.74 Å². The van der Waals surface area contributed by atoms with Crippen LogP contribution in [-0.4, -0.2) is 16.1 Å². The average Bonchev–Trinajstić information content (AvgIpc) is 3.08. The van der Waals surface area contributed by atoms with E-state index in [0.29, 0.717) is 5.88 Å². The lowest BCUT2D eigenvalue weighted by molar-refractivity contribution is 0.437. The molecule has 5 nitrogen and oxygen atoms in total. The first-order valence-electron chi connectivity index (χ1n) is 9.29. The number of rotatable bonds is 2. The Morgan fingerprint density at radius 2 is 1.68 bits per heavy atom. The summed E-state index contributed by atoms with van der Waals surface area (Å²) in [4.78, 5) is 0. The third-order valence-corrected chi connectivity index (χ3v) is 5.73. The quantitative estimate of drug-likeness (QED) is 0.669. The first-order valence-corrected chi connectivity index (χ1v) is 9.29. The van der Waals surface area contributed by atoms with Crippen LogP contribution in [0.5, 0.6) is 5.88 Å². The zero-order valence-corrected chi connectivity index (χ0v) is 16.4. The highest BCUT2D eigenvalue weighted by atomic mass is 16.5. The Morgan fingerprint density at radius 3 is 2.32 bits per heavy atom. The molecule has 0 saturated heterocycles. The molecule has 1 aliphatic rings. The molecule has 0 amide bonds. The van der Waals surface area contributed by atoms with Crippen molar-refractivity contribution in [3.63, 3.8) is 0 Å². The van der Waals surface area contributed by atoms with Gasteiger partial charge in [0.05, 0.1) is 17.3 Å². The molecule has 2 N–H and O–H groups in total. The molecular formula is C23H22N4O. The van der Waals surface area contributed by atoms with Gasteiger partial charge in [-0.15, -0.1) is 5.10 Å². The van der Waals surface area contributed by atoms with Gasteiger partial charge in [0.25, 0.3) is 0 Å². The molecule has 1 aromatic heterocycles. The van der Waals surface area contributed by atoms with Crippen molar-refractivity contribution in [3.05, 3.63) is 69.8 Å². The Bertz CT molecular complexity index is 1140. The Hall–Kier alpha value is -3.39. The predicted octanol–water partition coefficient (Wildman–Crippen LogP) is 4.95. The highest BCUT2D eigenvalue weighted by molar-refractivity contribution is 5.86. The molecule has 140 valence electrons. The van der Waals surface area contributed by atoms with Crippen molar-refractivity contribution in [2.45, 2.75) is 33.6 Å². The monoisotopic (exact) mass is 370 g/mol. The molecule has 0 fully saturated rings. The number of fused-ring (bicyclic) bond motifs is 1. The number of nitrogens with one attached hydrogen (secondary N) is 2. The fraction of sp³-hybridized carbons (Fsp3) is 0.261. The van der Waals surface area contributed by atoms with Gasteiger partial charge in [-0.1, -0.05) is 30.3 Å². The van der Waals surface area contributed by atoms with Crippen LogP contribution in [0.25, 0.3) is 11.3 Å². The van der Waals surface area contributed by atoms with Crippen LogP contribution >= 0.6 is 0 Å². The Labute approximate surface area is 164 Å². The van der Waals surface area contributed by atoms with Crippen LogP contribution in [0.1, 0.15) is 39.3 Å². The van der Waals surface area contributed by atoms with E-state index in [-0.39, 0.29) is 11.8 Å². The minimum Gasteiger partial charge on any atom is -0.422 e. The number of benzene rings is 2. The lowest BCUT2D eigenvalue weighted by Gasteiger charge is -2.28. The van der Waals surface area contributed by atoms with Crippen molar-refractivity contribution in [1.82, 2.24) is 10.2 Å². The smallest absolute Gasteiger partial charge is 0.244 e. The molecule has 5 heteroatoms. The summed E-state index contributed by atoms with van der Waals surface area (Å²) >= 11 is 0. The Kier molecular flexibility index (Phi) is 4.27. The topological polar surface area (TPSA) is 85.5 Å². The van der Waals surface area contributed by atoms with Gasteiger partial charge in [0.15, 0.2) is 0 Å². The van der Waals surface area contributed by atoms with Gasteiger partial charge in [-0.25, -0.2) is 0 Å². The van der Waals surface area contributed by atoms with E-state index in [1.54, 1.807) is 0 Å². The zero-order valence-electron chi connectivity index (χ0n) is 16.4. The van der Waals surface area contributed by atoms with E-state index in [9.17, 15) is 5.26 Å². The normalized spacial score (nSPS) is 18.3. The van der Waals surface area contributed by atoms with Crippen LogP contribution in [0.2, 0.25) is 0 Å². The average molecular weight is 370 g/mol. The number of ether oxygens (including phenoxy) is 1. The van der Waals surface area contributed by atoms with E-state index in [4.69, 9.17) is 10.1 Å². The van der Waals surface area contributed by atoms with Crippen LogP contribution in [0.4, 0.5) is 0 Å². The number of nitrogens with zero attached hydrogens (tertiary/aromatic N) is 2. The number of aromatic amines is 1. The van der Waals surface area contributed by atoms with Gasteiger partial charge >= 0.3 is 0 Å². The minimum atomic E-state index is -0.697. The number of nitriles is 1. The minimum absolute atomic E-state index is 0.0589. The Balaban J connectivity index is 1.95. The van der Waals surface area contributed by atoms with Gasteiger partial charge in [0.1, 0.15) is 5.92 Å². The molecule has 1 aliphatic heterocycles. The third-order valence-electron chi connectivity index (χ3n) is 5.73. The number of aryl methyl sites for hydroxylation is 4. The molecule has 4 rings (SSSR count). The van der Waals surface area contributed by atoms with Crippen molar-refractivity contribution in [2.75, 3.05) is 0 Å². The summed E-state index contributed by atoms with van der Waals surface area (Å²) in [5.74, 6) is -0.683. The van der Waals surface area contributed by atoms with E-state index in [1.165, 1.54) is 16.7 Å². The van der Waals surface area contributed by atoms with E-state index < -0.39 is 5.92 Å². The molecule has 2 atom stereocenters. The van der Waals surface area contributed by atoms with E-state index in [2.05, 4.69) is 74.3 Å². The molecule has 3 aromatic rings. The number of hydrogen-bond acceptors (Lipinski definition) is 4. The highest BCUT2D eigenvalue weighted by Gasteiger charge is 2.40. The van der Waals surface area contributed by atoms with Gasteiger partial charge < -0.3 is 4.74 Å². The predicted molar refractivity (Wildman–Crippen MR) is 109 cm³/mol. The SMILES string of the molecule is Cc1ccc(-c2[nH]nc3c2C(c2ccc(C)c(C)c2)C(C#N)C(=N)O3)cc1C. The van der Waals surface area contributed by atoms with Crippen LogP contribution in [0.15, 0.2) is 36.4 Å². The fourth-order valence-electron chi connectivity index (χ4n) is 3.75. The van der Waals surface area contributed by atoms with E-state index >= 15 is 0 Å². The molecular weight excluding hydrogens is 348 g/mol. The first-order chi connectivity index (χ1) is 13.4. The summed E-state index contributed by atoms with van der Waals surface area (Å²) < 4.78 is 5.62.